The van der Waals surface area contributed by atoms with Crippen molar-refractivity contribution in [3.05, 3.63) is 71.5 Å². The monoisotopic (exact) mass is 349 g/mol. The Morgan fingerprint density at radius 2 is 1.67 bits per heavy atom. The van der Waals surface area contributed by atoms with Crippen molar-refractivity contribution in [1.82, 2.24) is 5.32 Å². The van der Waals surface area contributed by atoms with Crippen LogP contribution >= 0.6 is 0 Å². The summed E-state index contributed by atoms with van der Waals surface area (Å²) in [6.07, 6.45) is 1.12. The van der Waals surface area contributed by atoms with E-state index in [1.54, 1.807) is 49.4 Å². The van der Waals surface area contributed by atoms with E-state index in [1.807, 2.05) is 6.07 Å². The number of carbonyl (C=O) groups is 1. The van der Waals surface area contributed by atoms with Gasteiger partial charge in [0.2, 0.25) is 5.91 Å². The lowest BCUT2D eigenvalue weighted by atomic mass is 9.99. The van der Waals surface area contributed by atoms with Crippen molar-refractivity contribution in [2.24, 2.45) is 0 Å². The summed E-state index contributed by atoms with van der Waals surface area (Å²) in [6, 6.07) is 14.3. The van der Waals surface area contributed by atoms with Gasteiger partial charge in [-0.15, -0.1) is 0 Å². The average molecular weight is 349 g/mol. The summed E-state index contributed by atoms with van der Waals surface area (Å²) >= 11 is 0. The molecule has 2 atom stereocenters. The first-order valence-corrected chi connectivity index (χ1v) is 9.61. The lowest BCUT2D eigenvalue weighted by molar-refractivity contribution is -0.122. The van der Waals surface area contributed by atoms with Gasteiger partial charge in [0.15, 0.2) is 0 Å². The summed E-state index contributed by atoms with van der Waals surface area (Å²) in [5, 5.41) is 2.73. The molecule has 6 heteroatoms. The third kappa shape index (κ3) is 4.89. The zero-order valence-electron chi connectivity index (χ0n) is 13.6. The van der Waals surface area contributed by atoms with E-state index in [1.165, 1.54) is 6.07 Å². The van der Waals surface area contributed by atoms with Crippen LogP contribution in [0.25, 0.3) is 0 Å². The Labute approximate surface area is 141 Å². The molecule has 0 aromatic heterocycles. The van der Waals surface area contributed by atoms with Crippen molar-refractivity contribution in [1.29, 1.82) is 0 Å². The van der Waals surface area contributed by atoms with Crippen molar-refractivity contribution < 1.29 is 17.6 Å². The van der Waals surface area contributed by atoms with Gasteiger partial charge in [0.25, 0.3) is 0 Å². The number of hydrogen-bond donors (Lipinski definition) is 1. The largest absolute Gasteiger partial charge is 0.348 e. The van der Waals surface area contributed by atoms with Crippen LogP contribution in [0.2, 0.25) is 0 Å². The second-order valence-electron chi connectivity index (χ2n) is 5.81. The van der Waals surface area contributed by atoms with E-state index in [0.29, 0.717) is 5.56 Å². The molecular weight excluding hydrogens is 329 g/mol. The number of sulfone groups is 1. The van der Waals surface area contributed by atoms with Crippen LogP contribution in [0.1, 0.15) is 30.0 Å². The second-order valence-corrected chi connectivity index (χ2v) is 7.99. The minimum atomic E-state index is -3.30. The molecule has 4 nitrogen and oxygen atoms in total. The maximum Gasteiger partial charge on any atom is 0.227 e. The van der Waals surface area contributed by atoms with Gasteiger partial charge in [-0.1, -0.05) is 48.5 Å². The predicted octanol–water partition coefficient (Wildman–Crippen LogP) is 2.83. The highest BCUT2D eigenvalue weighted by atomic mass is 32.2. The maximum atomic E-state index is 13.9. The summed E-state index contributed by atoms with van der Waals surface area (Å²) in [6.45, 7) is 1.59. The van der Waals surface area contributed by atoms with Crippen LogP contribution in [0.3, 0.4) is 0 Å². The molecule has 2 aromatic carbocycles. The van der Waals surface area contributed by atoms with Gasteiger partial charge in [-0.25, -0.2) is 12.8 Å². The van der Waals surface area contributed by atoms with Gasteiger partial charge < -0.3 is 5.32 Å². The van der Waals surface area contributed by atoms with Gasteiger partial charge >= 0.3 is 0 Å². The quantitative estimate of drug-likeness (QED) is 0.872. The van der Waals surface area contributed by atoms with Crippen LogP contribution in [0.15, 0.2) is 54.6 Å². The SMILES string of the molecule is C[C@@H](C(=O)N[C@H](CS(C)(=O)=O)c1ccccc1)c1ccccc1F. The Balaban J connectivity index is 2.23. The van der Waals surface area contributed by atoms with E-state index in [4.69, 9.17) is 0 Å². The van der Waals surface area contributed by atoms with Crippen molar-refractivity contribution in [3.63, 3.8) is 0 Å². The van der Waals surface area contributed by atoms with Crippen LogP contribution in [0, 0.1) is 5.82 Å². The zero-order chi connectivity index (χ0) is 17.7. The van der Waals surface area contributed by atoms with E-state index in [0.717, 1.165) is 6.26 Å². The number of nitrogens with one attached hydrogen (secondary N) is 1. The van der Waals surface area contributed by atoms with E-state index >= 15 is 0 Å². The lowest BCUT2D eigenvalue weighted by Gasteiger charge is -2.21. The first-order valence-electron chi connectivity index (χ1n) is 7.55. The van der Waals surface area contributed by atoms with Crippen molar-refractivity contribution in [2.75, 3.05) is 12.0 Å². The van der Waals surface area contributed by atoms with Crippen LogP contribution in [-0.4, -0.2) is 26.3 Å². The smallest absolute Gasteiger partial charge is 0.227 e. The van der Waals surface area contributed by atoms with Gasteiger partial charge in [0.05, 0.1) is 17.7 Å². The van der Waals surface area contributed by atoms with Gasteiger partial charge in [-0.05, 0) is 24.1 Å². The van der Waals surface area contributed by atoms with Gasteiger partial charge in [0.1, 0.15) is 15.7 Å². The molecule has 0 aliphatic heterocycles. The fourth-order valence-corrected chi connectivity index (χ4v) is 3.35. The molecule has 2 rings (SSSR count). The van der Waals surface area contributed by atoms with E-state index in [9.17, 15) is 17.6 Å². The Bertz CT molecular complexity index is 806. The summed E-state index contributed by atoms with van der Waals surface area (Å²) < 4.78 is 37.2. The van der Waals surface area contributed by atoms with E-state index < -0.39 is 33.5 Å². The second kappa shape index (κ2) is 7.57. The molecule has 0 heterocycles. The summed E-state index contributed by atoms with van der Waals surface area (Å²) in [4.78, 5) is 12.5. The molecule has 128 valence electrons. The third-order valence-corrected chi connectivity index (χ3v) is 4.69. The first-order chi connectivity index (χ1) is 11.3. The van der Waals surface area contributed by atoms with Gasteiger partial charge in [-0.2, -0.15) is 0 Å². The topological polar surface area (TPSA) is 63.2 Å². The Kier molecular flexibility index (Phi) is 5.72. The highest BCUT2D eigenvalue weighted by molar-refractivity contribution is 7.90. The minimum absolute atomic E-state index is 0.216. The molecule has 0 radical (unpaired) electrons. The summed E-state index contributed by atoms with van der Waals surface area (Å²) in [7, 11) is -3.30. The molecule has 2 aromatic rings. The lowest BCUT2D eigenvalue weighted by Crippen LogP contribution is -2.35. The third-order valence-electron chi connectivity index (χ3n) is 3.75. The van der Waals surface area contributed by atoms with Gasteiger partial charge in [-0.3, -0.25) is 4.79 Å². The number of carbonyl (C=O) groups excluding carboxylic acids is 1. The molecule has 24 heavy (non-hydrogen) atoms. The van der Waals surface area contributed by atoms with Crippen LogP contribution in [0.5, 0.6) is 0 Å². The minimum Gasteiger partial charge on any atom is -0.348 e. The number of halogens is 1. The Hall–Kier alpha value is -2.21. The number of benzene rings is 2. The predicted molar refractivity (Wildman–Crippen MR) is 91.9 cm³/mol. The highest BCUT2D eigenvalue weighted by Gasteiger charge is 2.24. The molecule has 0 saturated carbocycles. The summed E-state index contributed by atoms with van der Waals surface area (Å²) in [5.74, 6) is -1.82. The Morgan fingerprint density at radius 3 is 2.25 bits per heavy atom. The van der Waals surface area contributed by atoms with E-state index in [2.05, 4.69) is 5.32 Å². The number of amides is 1. The molecule has 0 aliphatic carbocycles. The molecule has 0 fully saturated rings. The Morgan fingerprint density at radius 1 is 1.08 bits per heavy atom. The fourth-order valence-electron chi connectivity index (χ4n) is 2.47. The average Bonchev–Trinajstić information content (AvgIpc) is 2.53. The van der Waals surface area contributed by atoms with Crippen molar-refractivity contribution >= 4 is 15.7 Å². The number of rotatable bonds is 6. The van der Waals surface area contributed by atoms with Crippen molar-refractivity contribution in [3.8, 4) is 0 Å². The normalized spacial score (nSPS) is 14.0. The molecule has 0 bridgehead atoms. The summed E-state index contributed by atoms with van der Waals surface area (Å²) in [5.41, 5.74) is 0.971. The van der Waals surface area contributed by atoms with Gasteiger partial charge in [0, 0.05) is 6.26 Å². The standard InChI is InChI=1S/C18H20FNO3S/c1-13(15-10-6-7-11-16(15)19)18(21)20-17(12-24(2,22)23)14-8-4-3-5-9-14/h3-11,13,17H,12H2,1-2H3,(H,20,21)/t13-,17-/m1/s1. The molecule has 0 saturated heterocycles. The molecule has 0 aliphatic rings. The van der Waals surface area contributed by atoms with Crippen LogP contribution in [0.4, 0.5) is 4.39 Å². The molecule has 0 spiro atoms. The molecule has 1 N–H and O–H groups in total. The number of hydrogen-bond acceptors (Lipinski definition) is 3. The highest BCUT2D eigenvalue weighted by Crippen LogP contribution is 2.21. The fraction of sp³-hybridized carbons (Fsp3) is 0.278. The zero-order valence-corrected chi connectivity index (χ0v) is 14.4. The van der Waals surface area contributed by atoms with Crippen LogP contribution < -0.4 is 5.32 Å². The van der Waals surface area contributed by atoms with Crippen molar-refractivity contribution in [2.45, 2.75) is 18.9 Å². The van der Waals surface area contributed by atoms with Crippen LogP contribution in [-0.2, 0) is 14.6 Å². The first kappa shape index (κ1) is 18.1. The molecule has 1 amide bonds. The maximum absolute atomic E-state index is 13.9. The molecular formula is C18H20FNO3S. The molecule has 0 unspecified atom stereocenters. The van der Waals surface area contributed by atoms with E-state index in [-0.39, 0.29) is 11.3 Å².